The average Bonchev–Trinajstić information content (AvgIpc) is 3.41. The number of phosphoric ester groups is 1. The van der Waals surface area contributed by atoms with Gasteiger partial charge in [-0.1, -0.05) is 93.1 Å². The van der Waals surface area contributed by atoms with Crippen molar-refractivity contribution < 1.29 is 37.3 Å². The quantitative estimate of drug-likeness (QED) is 0.118. The number of carbonyl (C=O) groups is 4. The van der Waals surface area contributed by atoms with E-state index in [1.807, 2.05) is 55.4 Å². The fourth-order valence-corrected chi connectivity index (χ4v) is 13.6. The molecule has 2 aliphatic carbocycles. The Kier molecular flexibility index (Phi) is 15.8. The minimum absolute atomic E-state index is 0.0232. The minimum Gasteiger partial charge on any atom is -0.404 e. The standard InChI is InChI=1S/C63H72N5O8P/c1-11-74-77(73,75-12-2)76-51-35-52-60(71)67-56-41(7)30-49(31-42(56)8)62(22-15-13-16-23-62)47-26-37(3)54(38(4)27-47)65-58(69)45-20-19-21-46(34-45)59(70)66-55-39(5)28-48(29-40(55)6)63(24-17-14-18-25-63)50-32-43(9)57(44(10)33-50)68-61(72)53(36-51)64-52/h19-21,26-36H,11-18,22-25H2,1-10H3,(H,65,69)(H,66,70)(H,67,71)(H,68,72). The molecule has 2 fully saturated rings. The summed E-state index contributed by atoms with van der Waals surface area (Å²) in [5.74, 6) is -1.91. The van der Waals surface area contributed by atoms with Crippen molar-refractivity contribution in [2.45, 2.75) is 144 Å². The molecule has 2 spiro atoms. The van der Waals surface area contributed by atoms with Crippen LogP contribution in [-0.2, 0) is 24.4 Å². The Hall–Kier alpha value is -6.92. The van der Waals surface area contributed by atoms with Gasteiger partial charge in [0.25, 0.3) is 23.6 Å². The van der Waals surface area contributed by atoms with Gasteiger partial charge in [-0.2, -0.15) is 0 Å². The molecular formula is C63H72N5O8P. The second-order valence-electron chi connectivity index (χ2n) is 21.6. The molecule has 2 saturated carbocycles. The summed E-state index contributed by atoms with van der Waals surface area (Å²) in [7, 11) is -4.18. The Morgan fingerprint density at radius 1 is 0.442 bits per heavy atom. The van der Waals surface area contributed by atoms with Crippen LogP contribution in [0, 0.1) is 55.4 Å². The van der Waals surface area contributed by atoms with E-state index < -0.39 is 19.6 Å². The molecule has 9 aliphatic rings. The molecule has 0 saturated heterocycles. The highest BCUT2D eigenvalue weighted by molar-refractivity contribution is 7.48. The van der Waals surface area contributed by atoms with Crippen LogP contribution >= 0.6 is 7.82 Å². The van der Waals surface area contributed by atoms with Crippen molar-refractivity contribution in [3.63, 3.8) is 0 Å². The molecule has 77 heavy (non-hydrogen) atoms. The van der Waals surface area contributed by atoms with Gasteiger partial charge in [0, 0.05) is 56.8 Å². The summed E-state index contributed by atoms with van der Waals surface area (Å²) in [6, 6.07) is 26.9. The monoisotopic (exact) mass is 1060 g/mol. The number of pyridine rings is 1. The van der Waals surface area contributed by atoms with E-state index >= 15 is 0 Å². The van der Waals surface area contributed by atoms with E-state index in [4.69, 9.17) is 13.6 Å². The Bertz CT molecular complexity index is 3090. The largest absolute Gasteiger partial charge is 0.530 e. The fraction of sp³-hybridized carbons (Fsp3) is 0.381. The summed E-state index contributed by atoms with van der Waals surface area (Å²) in [4.78, 5) is 62.0. The zero-order valence-electron chi connectivity index (χ0n) is 46.2. The van der Waals surface area contributed by atoms with E-state index in [1.54, 1.807) is 38.1 Å². The van der Waals surface area contributed by atoms with Gasteiger partial charge in [0.05, 0.1) is 13.2 Å². The Morgan fingerprint density at radius 2 is 0.740 bits per heavy atom. The first-order chi connectivity index (χ1) is 36.8. The number of rotatable bonds is 6. The lowest BCUT2D eigenvalue weighted by Crippen LogP contribution is -2.31. The molecule has 0 atom stereocenters. The van der Waals surface area contributed by atoms with E-state index in [0.717, 1.165) is 142 Å². The minimum atomic E-state index is -4.18. The van der Waals surface area contributed by atoms with Gasteiger partial charge in [-0.25, -0.2) is 9.55 Å². The molecule has 13 nitrogen and oxygen atoms in total. The van der Waals surface area contributed by atoms with Crippen LogP contribution in [0.5, 0.6) is 5.75 Å². The third-order valence-electron chi connectivity index (χ3n) is 16.2. The van der Waals surface area contributed by atoms with Gasteiger partial charge in [-0.15, -0.1) is 0 Å². The van der Waals surface area contributed by atoms with Gasteiger partial charge in [-0.3, -0.25) is 28.2 Å². The molecule has 15 rings (SSSR count). The van der Waals surface area contributed by atoms with Gasteiger partial charge < -0.3 is 25.8 Å². The van der Waals surface area contributed by atoms with Gasteiger partial charge >= 0.3 is 7.82 Å². The summed E-state index contributed by atoms with van der Waals surface area (Å²) in [6.45, 7) is 19.3. The molecule has 5 aromatic carbocycles. The first-order valence-corrected chi connectivity index (χ1v) is 28.7. The lowest BCUT2D eigenvalue weighted by atomic mass is 9.64. The van der Waals surface area contributed by atoms with Crippen LogP contribution in [0.3, 0.4) is 0 Å². The van der Waals surface area contributed by atoms with Crippen LogP contribution in [-0.4, -0.2) is 41.8 Å². The number of aryl methyl sites for hydroxylation is 8. The van der Waals surface area contributed by atoms with Crippen molar-refractivity contribution in [1.82, 2.24) is 4.98 Å². The highest BCUT2D eigenvalue weighted by Gasteiger charge is 2.39. The molecule has 6 aromatic rings. The van der Waals surface area contributed by atoms with Crippen molar-refractivity contribution in [3.05, 3.63) is 174 Å². The summed E-state index contributed by atoms with van der Waals surface area (Å²) in [5.41, 5.74) is 14.0. The maximum Gasteiger partial charge on any atom is 0.530 e. The normalized spacial score (nSPS) is 16.6. The number of nitrogens with one attached hydrogen (secondary N) is 4. The van der Waals surface area contributed by atoms with Gasteiger partial charge in [0.15, 0.2) is 0 Å². The summed E-state index contributed by atoms with van der Waals surface area (Å²) < 4.78 is 30.7. The summed E-state index contributed by atoms with van der Waals surface area (Å²) >= 11 is 0. The second-order valence-corrected chi connectivity index (χ2v) is 23.2. The topological polar surface area (TPSA) is 174 Å². The van der Waals surface area contributed by atoms with Crippen LogP contribution in [0.25, 0.3) is 0 Å². The molecule has 1 aromatic heterocycles. The first kappa shape index (κ1) is 54.9. The maximum atomic E-state index is 14.6. The van der Waals surface area contributed by atoms with E-state index in [-0.39, 0.29) is 53.0 Å². The number of amides is 4. The molecule has 12 bridgehead atoms. The number of aromatic nitrogens is 1. The average molecular weight is 1060 g/mol. The number of nitrogens with zero attached hydrogens (tertiary/aromatic N) is 1. The third-order valence-corrected chi connectivity index (χ3v) is 17.7. The predicted molar refractivity (Wildman–Crippen MR) is 305 cm³/mol. The number of benzene rings is 5. The number of anilines is 4. The summed E-state index contributed by atoms with van der Waals surface area (Å²) in [5, 5.41) is 12.6. The molecular weight excluding hydrogens is 986 g/mol. The maximum absolute atomic E-state index is 14.6. The molecule has 0 unspecified atom stereocenters. The van der Waals surface area contributed by atoms with Crippen molar-refractivity contribution in [2.24, 2.45) is 0 Å². The fourth-order valence-electron chi connectivity index (χ4n) is 12.4. The SMILES string of the molecule is CCOP(=O)(OCC)Oc1cc2nc(c1)C(=O)Nc1c(C)cc(cc1C)C1(CCCCC1)c1cc(C)c(c(C)c1)NC(=O)c1cccc(c1)C(=O)Nc1c(C)cc(cc1C)C1(CCCCC1)c1cc(C)c(c(C)c1)NC2=O. The van der Waals surface area contributed by atoms with Crippen LogP contribution in [0.1, 0.15) is 187 Å². The molecule has 4 amide bonds. The van der Waals surface area contributed by atoms with Crippen molar-refractivity contribution in [1.29, 1.82) is 0 Å². The highest BCUT2D eigenvalue weighted by Crippen LogP contribution is 2.51. The van der Waals surface area contributed by atoms with Crippen molar-refractivity contribution in [2.75, 3.05) is 34.5 Å². The van der Waals surface area contributed by atoms with Crippen LogP contribution in [0.15, 0.2) is 84.9 Å². The number of carbonyl (C=O) groups excluding carboxylic acids is 4. The summed E-state index contributed by atoms with van der Waals surface area (Å²) in [6.07, 6.45) is 10.0. The number of hydrogen-bond acceptors (Lipinski definition) is 9. The van der Waals surface area contributed by atoms with E-state index in [0.29, 0.717) is 22.5 Å². The second kappa shape index (κ2) is 22.2. The lowest BCUT2D eigenvalue weighted by Gasteiger charge is -2.40. The molecule has 4 N–H and O–H groups in total. The molecule has 402 valence electrons. The van der Waals surface area contributed by atoms with Gasteiger partial charge in [-0.05, 0) is 180 Å². The molecule has 8 heterocycles. The molecule has 14 heteroatoms. The Morgan fingerprint density at radius 3 is 1.04 bits per heavy atom. The Balaban J connectivity index is 1.18. The van der Waals surface area contributed by atoms with Crippen molar-refractivity contribution >= 4 is 54.2 Å². The zero-order valence-corrected chi connectivity index (χ0v) is 47.1. The first-order valence-electron chi connectivity index (χ1n) is 27.2. The number of phosphoric acid groups is 1. The van der Waals surface area contributed by atoms with E-state index in [2.05, 4.69) is 74.8 Å². The van der Waals surface area contributed by atoms with Gasteiger partial charge in [0.2, 0.25) is 0 Å². The molecule has 0 radical (unpaired) electrons. The van der Waals surface area contributed by atoms with E-state index in [1.165, 1.54) is 12.1 Å². The highest BCUT2D eigenvalue weighted by atomic mass is 31.2. The van der Waals surface area contributed by atoms with Crippen LogP contribution in [0.2, 0.25) is 0 Å². The number of hydrogen-bond donors (Lipinski definition) is 4. The smallest absolute Gasteiger partial charge is 0.404 e. The van der Waals surface area contributed by atoms with Gasteiger partial charge in [0.1, 0.15) is 17.1 Å². The van der Waals surface area contributed by atoms with E-state index in [9.17, 15) is 23.7 Å². The third kappa shape index (κ3) is 11.0. The Labute approximate surface area is 453 Å². The van der Waals surface area contributed by atoms with Crippen LogP contribution < -0.4 is 25.8 Å². The molecule has 7 aliphatic heterocycles. The lowest BCUT2D eigenvalue weighted by molar-refractivity contribution is 0.100. The van der Waals surface area contributed by atoms with Crippen molar-refractivity contribution in [3.8, 4) is 5.75 Å². The van der Waals surface area contributed by atoms with Crippen LogP contribution in [0.4, 0.5) is 22.7 Å². The predicted octanol–water partition coefficient (Wildman–Crippen LogP) is 14.9. The zero-order chi connectivity index (χ0) is 55.0.